The van der Waals surface area contributed by atoms with Crippen LogP contribution in [0.1, 0.15) is 6.42 Å². The topological polar surface area (TPSA) is 147 Å². The Morgan fingerprint density at radius 3 is 2.53 bits per heavy atom. The average Bonchev–Trinajstić information content (AvgIpc) is 2.68. The van der Waals surface area contributed by atoms with Gasteiger partial charge in [0.25, 0.3) is 0 Å². The van der Waals surface area contributed by atoms with E-state index in [1.807, 2.05) is 0 Å². The molecule has 0 saturated carbocycles. The van der Waals surface area contributed by atoms with E-state index in [4.69, 9.17) is 10.2 Å². The van der Waals surface area contributed by atoms with E-state index in [0.717, 1.165) is 4.68 Å². The predicted octanol–water partition coefficient (Wildman–Crippen LogP) is -2.28. The second-order valence-electron chi connectivity index (χ2n) is 3.06. The molecule has 1 amide bonds. The summed E-state index contributed by atoms with van der Waals surface area (Å²) in [6.45, 7) is -0.281. The highest BCUT2D eigenvalue weighted by atomic mass is 16.4. The van der Waals surface area contributed by atoms with Gasteiger partial charge in [-0.25, -0.2) is 9.48 Å². The quantitative estimate of drug-likeness (QED) is 0.506. The first-order valence-electron chi connectivity index (χ1n) is 4.43. The summed E-state index contributed by atoms with van der Waals surface area (Å²) >= 11 is 0. The first-order chi connectivity index (χ1) is 7.99. The van der Waals surface area contributed by atoms with Crippen molar-refractivity contribution in [1.82, 2.24) is 25.5 Å². The zero-order chi connectivity index (χ0) is 12.8. The molecular weight excluding hydrogens is 234 g/mol. The van der Waals surface area contributed by atoms with Crippen molar-refractivity contribution in [2.75, 3.05) is 0 Å². The van der Waals surface area contributed by atoms with Gasteiger partial charge in [0.2, 0.25) is 5.91 Å². The number of rotatable bonds is 6. The van der Waals surface area contributed by atoms with Crippen LogP contribution in [0.5, 0.6) is 0 Å². The number of nitrogens with zero attached hydrogens (tertiary/aromatic N) is 4. The second kappa shape index (κ2) is 5.53. The van der Waals surface area contributed by atoms with E-state index in [2.05, 4.69) is 20.8 Å². The Bertz CT molecular complexity index is 416. The molecule has 0 aliphatic rings. The summed E-state index contributed by atoms with van der Waals surface area (Å²) in [6, 6.07) is -1.48. The lowest BCUT2D eigenvalue weighted by Gasteiger charge is -2.11. The van der Waals surface area contributed by atoms with Crippen LogP contribution >= 0.6 is 0 Å². The summed E-state index contributed by atoms with van der Waals surface area (Å²) < 4.78 is 1.08. The maximum absolute atomic E-state index is 11.3. The third-order valence-electron chi connectivity index (χ3n) is 1.71. The van der Waals surface area contributed by atoms with Gasteiger partial charge in [0, 0.05) is 0 Å². The summed E-state index contributed by atoms with van der Waals surface area (Å²) in [5.74, 6) is -3.43. The first-order valence-corrected chi connectivity index (χ1v) is 4.43. The summed E-state index contributed by atoms with van der Waals surface area (Å²) in [6.07, 6.45) is 0.475. The van der Waals surface area contributed by atoms with Crippen molar-refractivity contribution in [3.8, 4) is 0 Å². The van der Waals surface area contributed by atoms with E-state index >= 15 is 0 Å². The minimum Gasteiger partial charge on any atom is -0.481 e. The average molecular weight is 243 g/mol. The fourth-order valence-corrected chi connectivity index (χ4v) is 1.01. The largest absolute Gasteiger partial charge is 0.481 e. The van der Waals surface area contributed by atoms with Crippen LogP contribution < -0.4 is 5.32 Å². The molecule has 1 heterocycles. The van der Waals surface area contributed by atoms with Gasteiger partial charge in [-0.1, -0.05) is 0 Å². The van der Waals surface area contributed by atoms with Crippen molar-refractivity contribution >= 4 is 17.8 Å². The minimum absolute atomic E-state index is 0.281. The van der Waals surface area contributed by atoms with E-state index in [1.165, 1.54) is 6.33 Å². The molecular formula is C7H9N5O5. The molecule has 0 unspecified atom stereocenters. The third kappa shape index (κ3) is 4.24. The van der Waals surface area contributed by atoms with Crippen LogP contribution in [0.15, 0.2) is 6.33 Å². The lowest BCUT2D eigenvalue weighted by molar-refractivity contribution is -0.147. The number of aliphatic carboxylic acids is 2. The van der Waals surface area contributed by atoms with Gasteiger partial charge < -0.3 is 15.5 Å². The highest BCUT2D eigenvalue weighted by Gasteiger charge is 2.23. The van der Waals surface area contributed by atoms with E-state index in [9.17, 15) is 14.4 Å². The van der Waals surface area contributed by atoms with E-state index in [0.29, 0.717) is 0 Å². The molecule has 3 N–H and O–H groups in total. The predicted molar refractivity (Wildman–Crippen MR) is 49.6 cm³/mol. The van der Waals surface area contributed by atoms with Crippen LogP contribution in [0.4, 0.5) is 0 Å². The normalized spacial score (nSPS) is 11.8. The van der Waals surface area contributed by atoms with Gasteiger partial charge in [-0.15, -0.1) is 5.10 Å². The summed E-state index contributed by atoms with van der Waals surface area (Å²) in [5.41, 5.74) is 0. The standard InChI is InChI=1S/C7H9N5O5/c13-5(2-12-3-8-10-11-12)9-4(7(16)17)1-6(14)15/h3-4H,1-2H2,(H,9,13)(H,14,15)(H,16,17)/t4-/m1/s1. The fourth-order valence-electron chi connectivity index (χ4n) is 1.01. The molecule has 0 bridgehead atoms. The Morgan fingerprint density at radius 1 is 1.35 bits per heavy atom. The molecule has 10 nitrogen and oxygen atoms in total. The third-order valence-corrected chi connectivity index (χ3v) is 1.71. The Kier molecular flexibility index (Phi) is 4.08. The first kappa shape index (κ1) is 12.5. The van der Waals surface area contributed by atoms with Crippen molar-refractivity contribution in [2.24, 2.45) is 0 Å². The Labute approximate surface area is 94.2 Å². The fraction of sp³-hybridized carbons (Fsp3) is 0.429. The lowest BCUT2D eigenvalue weighted by atomic mass is 10.2. The number of hydrogen-bond acceptors (Lipinski definition) is 6. The zero-order valence-electron chi connectivity index (χ0n) is 8.48. The van der Waals surface area contributed by atoms with Crippen LogP contribution in [-0.2, 0) is 20.9 Å². The van der Waals surface area contributed by atoms with E-state index in [1.54, 1.807) is 0 Å². The molecule has 0 radical (unpaired) electrons. The number of nitrogens with one attached hydrogen (secondary N) is 1. The Morgan fingerprint density at radius 2 is 2.06 bits per heavy atom. The van der Waals surface area contributed by atoms with Crippen LogP contribution in [0, 0.1) is 0 Å². The van der Waals surface area contributed by atoms with Crippen molar-refractivity contribution < 1.29 is 24.6 Å². The highest BCUT2D eigenvalue weighted by molar-refractivity contribution is 5.86. The van der Waals surface area contributed by atoms with Crippen LogP contribution in [-0.4, -0.2) is 54.3 Å². The number of amides is 1. The van der Waals surface area contributed by atoms with Crippen molar-refractivity contribution in [1.29, 1.82) is 0 Å². The SMILES string of the molecule is O=C(O)C[C@@H](NC(=O)Cn1cnnn1)C(=O)O. The summed E-state index contributed by atoms with van der Waals surface area (Å²) in [7, 11) is 0. The van der Waals surface area contributed by atoms with Gasteiger partial charge in [0.15, 0.2) is 0 Å². The molecule has 1 aromatic heterocycles. The molecule has 0 saturated heterocycles. The van der Waals surface area contributed by atoms with Crippen molar-refractivity contribution in [2.45, 2.75) is 19.0 Å². The van der Waals surface area contributed by atoms with Crippen molar-refractivity contribution in [3.63, 3.8) is 0 Å². The number of carbonyl (C=O) groups is 3. The Hall–Kier alpha value is -2.52. The molecule has 92 valence electrons. The number of carboxylic acids is 2. The van der Waals surface area contributed by atoms with Gasteiger partial charge >= 0.3 is 11.9 Å². The van der Waals surface area contributed by atoms with E-state index < -0.39 is 30.3 Å². The number of tetrazole rings is 1. The van der Waals surface area contributed by atoms with Crippen LogP contribution in [0.25, 0.3) is 0 Å². The maximum atomic E-state index is 11.3. The van der Waals surface area contributed by atoms with E-state index in [-0.39, 0.29) is 6.54 Å². The molecule has 1 rings (SSSR count). The second-order valence-corrected chi connectivity index (χ2v) is 3.06. The maximum Gasteiger partial charge on any atom is 0.326 e. The molecule has 0 aliphatic heterocycles. The highest BCUT2D eigenvalue weighted by Crippen LogP contribution is 1.93. The molecule has 10 heteroatoms. The molecule has 1 atom stereocenters. The molecule has 1 aromatic rings. The molecule has 0 aliphatic carbocycles. The van der Waals surface area contributed by atoms with Gasteiger partial charge in [-0.3, -0.25) is 9.59 Å². The molecule has 0 spiro atoms. The van der Waals surface area contributed by atoms with Gasteiger partial charge in [-0.2, -0.15) is 0 Å². The molecule has 0 fully saturated rings. The smallest absolute Gasteiger partial charge is 0.326 e. The van der Waals surface area contributed by atoms with Gasteiger partial charge in [0.05, 0.1) is 6.42 Å². The van der Waals surface area contributed by atoms with Crippen LogP contribution in [0.3, 0.4) is 0 Å². The Balaban J connectivity index is 2.52. The number of carboxylic acid groups (broad SMARTS) is 2. The van der Waals surface area contributed by atoms with Crippen molar-refractivity contribution in [3.05, 3.63) is 6.33 Å². The lowest BCUT2D eigenvalue weighted by Crippen LogP contribution is -2.43. The van der Waals surface area contributed by atoms with Gasteiger partial charge in [0.1, 0.15) is 18.9 Å². The minimum atomic E-state index is -1.48. The van der Waals surface area contributed by atoms with Gasteiger partial charge in [-0.05, 0) is 10.4 Å². The number of aromatic nitrogens is 4. The summed E-state index contributed by atoms with van der Waals surface area (Å²) in [5, 5.41) is 29.1. The number of carbonyl (C=O) groups excluding carboxylic acids is 1. The number of hydrogen-bond donors (Lipinski definition) is 3. The molecule has 17 heavy (non-hydrogen) atoms. The summed E-state index contributed by atoms with van der Waals surface area (Å²) in [4.78, 5) is 32.3. The molecule has 0 aromatic carbocycles. The zero-order valence-corrected chi connectivity index (χ0v) is 8.48. The van der Waals surface area contributed by atoms with Crippen LogP contribution in [0.2, 0.25) is 0 Å². The monoisotopic (exact) mass is 243 g/mol.